The van der Waals surface area contributed by atoms with Crippen molar-refractivity contribution in [3.8, 4) is 6.07 Å². The smallest absolute Gasteiger partial charge is 0.181 e. The van der Waals surface area contributed by atoms with Gasteiger partial charge in [-0.05, 0) is 68.1 Å². The van der Waals surface area contributed by atoms with Gasteiger partial charge in [0.2, 0.25) is 0 Å². The first-order valence-corrected chi connectivity index (χ1v) is 9.67. The highest BCUT2D eigenvalue weighted by Gasteiger charge is 2.78. The van der Waals surface area contributed by atoms with Crippen molar-refractivity contribution in [1.29, 1.82) is 5.26 Å². The molecule has 1 spiro atoms. The molecule has 5 rings (SSSR count). The maximum atomic E-state index is 12.4. The van der Waals surface area contributed by atoms with Crippen molar-refractivity contribution in [3.63, 3.8) is 0 Å². The number of carbonyl (C=O) groups excluding carboxylic acids is 1. The first kappa shape index (κ1) is 15.3. The van der Waals surface area contributed by atoms with Crippen LogP contribution in [0.1, 0.15) is 58.8 Å². The topological polar surface area (TPSA) is 73.6 Å². The molecule has 0 radical (unpaired) electrons. The minimum absolute atomic E-state index is 0.0327. The molecule has 5 fully saturated rings. The van der Waals surface area contributed by atoms with E-state index in [4.69, 9.17) is 4.74 Å². The molecule has 4 heteroatoms. The Balaban J connectivity index is 1.53. The number of rotatable bonds is 0. The van der Waals surface area contributed by atoms with Crippen molar-refractivity contribution in [2.24, 2.45) is 34.5 Å². The molecule has 130 valence electrons. The van der Waals surface area contributed by atoms with Crippen LogP contribution >= 0.6 is 0 Å². The summed E-state index contributed by atoms with van der Waals surface area (Å²) in [5.41, 5.74) is -0.252. The normalized spacial score (nSPS) is 61.2. The number of hydrogen-bond donors (Lipinski definition) is 1. The highest BCUT2D eigenvalue weighted by Crippen LogP contribution is 2.72. The average Bonchev–Trinajstić information content (AvgIpc) is 3.23. The van der Waals surface area contributed by atoms with Crippen molar-refractivity contribution in [2.45, 2.75) is 76.6 Å². The van der Waals surface area contributed by atoms with Gasteiger partial charge in [-0.25, -0.2) is 0 Å². The van der Waals surface area contributed by atoms with Crippen LogP contribution < -0.4 is 0 Å². The largest absolute Gasteiger partial charge is 0.393 e. The van der Waals surface area contributed by atoms with Crippen LogP contribution in [-0.2, 0) is 9.53 Å². The van der Waals surface area contributed by atoms with E-state index in [9.17, 15) is 15.2 Å². The number of aliphatic hydroxyl groups is 1. The molecule has 1 unspecified atom stereocenters. The van der Waals surface area contributed by atoms with Crippen molar-refractivity contribution < 1.29 is 14.6 Å². The number of Topliss-reactive ketones (excluding diaryl/α,β-unsaturated/α-hetero) is 1. The minimum atomic E-state index is -0.489. The predicted octanol–water partition coefficient (Wildman–Crippen LogP) is 2.84. The lowest BCUT2D eigenvalue weighted by Crippen LogP contribution is -2.59. The molecule has 0 aromatic carbocycles. The van der Waals surface area contributed by atoms with E-state index in [1.54, 1.807) is 0 Å². The van der Waals surface area contributed by atoms with Crippen LogP contribution in [0.2, 0.25) is 0 Å². The van der Waals surface area contributed by atoms with E-state index in [0.29, 0.717) is 24.2 Å². The van der Waals surface area contributed by atoms with Gasteiger partial charge in [0.1, 0.15) is 17.6 Å². The van der Waals surface area contributed by atoms with Crippen molar-refractivity contribution in [1.82, 2.24) is 0 Å². The third kappa shape index (κ3) is 1.51. The summed E-state index contributed by atoms with van der Waals surface area (Å²) in [7, 11) is 0. The van der Waals surface area contributed by atoms with Crippen molar-refractivity contribution >= 4 is 5.78 Å². The molecule has 4 aliphatic carbocycles. The van der Waals surface area contributed by atoms with Gasteiger partial charge in [-0.2, -0.15) is 5.26 Å². The molecule has 1 aliphatic heterocycles. The molecule has 0 aromatic heterocycles. The summed E-state index contributed by atoms with van der Waals surface area (Å²) in [6, 6.07) is 2.25. The Morgan fingerprint density at radius 1 is 1.17 bits per heavy atom. The molecule has 5 aliphatic rings. The first-order chi connectivity index (χ1) is 11.4. The molecular weight excluding hydrogens is 302 g/mol. The fourth-order valence-corrected chi connectivity index (χ4v) is 7.66. The zero-order chi connectivity index (χ0) is 16.9. The van der Waals surface area contributed by atoms with Crippen LogP contribution in [0.5, 0.6) is 0 Å². The number of ether oxygens (including phenoxy) is 1. The summed E-state index contributed by atoms with van der Waals surface area (Å²) < 4.78 is 6.07. The van der Waals surface area contributed by atoms with Gasteiger partial charge < -0.3 is 9.84 Å². The number of fused-ring (bicyclic) bond motifs is 4. The Morgan fingerprint density at radius 3 is 2.71 bits per heavy atom. The predicted molar refractivity (Wildman–Crippen MR) is 86.7 cm³/mol. The first-order valence-electron chi connectivity index (χ1n) is 9.67. The van der Waals surface area contributed by atoms with E-state index in [2.05, 4.69) is 19.9 Å². The quantitative estimate of drug-likeness (QED) is 0.694. The number of ketones is 1. The van der Waals surface area contributed by atoms with Crippen LogP contribution in [-0.4, -0.2) is 28.7 Å². The van der Waals surface area contributed by atoms with Gasteiger partial charge in [-0.15, -0.1) is 0 Å². The van der Waals surface area contributed by atoms with Crippen LogP contribution in [0.25, 0.3) is 0 Å². The number of hydrogen-bond acceptors (Lipinski definition) is 4. The van der Waals surface area contributed by atoms with Gasteiger partial charge >= 0.3 is 0 Å². The SMILES string of the molecule is C[C@]12CC[C@@H]3[C@@H](CC[C@@]45O[C@@H]4C(=O)C(C#N)C[C@]35C)[C@@H]1CC[C@H]2O. The average molecular weight is 329 g/mol. The lowest BCUT2D eigenvalue weighted by atomic mass is 9.44. The third-order valence-corrected chi connectivity index (χ3v) is 9.10. The maximum Gasteiger partial charge on any atom is 0.181 e. The number of aliphatic hydroxyl groups excluding tert-OH is 1. The molecule has 1 N–H and O–H groups in total. The van der Waals surface area contributed by atoms with Crippen molar-refractivity contribution in [2.75, 3.05) is 0 Å². The van der Waals surface area contributed by atoms with E-state index in [1.165, 1.54) is 0 Å². The second-order valence-corrected chi connectivity index (χ2v) is 9.65. The Labute approximate surface area is 143 Å². The second kappa shape index (κ2) is 4.43. The monoisotopic (exact) mass is 329 g/mol. The number of nitrogens with zero attached hydrogens (tertiary/aromatic N) is 1. The molecule has 4 nitrogen and oxygen atoms in total. The summed E-state index contributed by atoms with van der Waals surface area (Å²) >= 11 is 0. The number of epoxide rings is 1. The zero-order valence-electron chi connectivity index (χ0n) is 14.6. The lowest BCUT2D eigenvalue weighted by molar-refractivity contribution is -0.138. The molecule has 1 saturated heterocycles. The van der Waals surface area contributed by atoms with Gasteiger partial charge in [0.15, 0.2) is 5.78 Å². The molecule has 4 saturated carbocycles. The Hall–Kier alpha value is -0.920. The lowest BCUT2D eigenvalue weighted by Gasteiger charge is -2.59. The van der Waals surface area contributed by atoms with Gasteiger partial charge in [-0.3, -0.25) is 4.79 Å². The van der Waals surface area contributed by atoms with Gasteiger partial charge in [0, 0.05) is 5.41 Å². The van der Waals surface area contributed by atoms with Gasteiger partial charge in [0.05, 0.1) is 12.2 Å². The molecule has 0 bridgehead atoms. The summed E-state index contributed by atoms with van der Waals surface area (Å²) in [5, 5.41) is 20.0. The van der Waals surface area contributed by atoms with Crippen LogP contribution in [0.15, 0.2) is 0 Å². The highest BCUT2D eigenvalue weighted by atomic mass is 16.6. The van der Waals surface area contributed by atoms with Crippen LogP contribution in [0, 0.1) is 45.8 Å². The summed E-state index contributed by atoms with van der Waals surface area (Å²) in [5.74, 6) is 1.29. The van der Waals surface area contributed by atoms with E-state index in [-0.39, 0.29) is 34.4 Å². The summed E-state index contributed by atoms with van der Waals surface area (Å²) in [4.78, 5) is 12.4. The minimum Gasteiger partial charge on any atom is -0.393 e. The Morgan fingerprint density at radius 2 is 1.96 bits per heavy atom. The molecule has 1 heterocycles. The van der Waals surface area contributed by atoms with E-state index < -0.39 is 5.92 Å². The fraction of sp³-hybridized carbons (Fsp3) is 0.900. The molecule has 0 aromatic rings. The highest BCUT2D eigenvalue weighted by molar-refractivity contribution is 5.92. The summed E-state index contributed by atoms with van der Waals surface area (Å²) in [6.45, 7) is 4.59. The van der Waals surface area contributed by atoms with Gasteiger partial charge in [-0.1, -0.05) is 13.8 Å². The van der Waals surface area contributed by atoms with Crippen LogP contribution in [0.3, 0.4) is 0 Å². The maximum absolute atomic E-state index is 12.4. The van der Waals surface area contributed by atoms with E-state index in [0.717, 1.165) is 38.5 Å². The van der Waals surface area contributed by atoms with E-state index in [1.807, 2.05) is 0 Å². The standard InChI is InChI=1S/C20H27NO3/c1-18-7-6-14-12(13(18)3-4-15(18)22)5-8-20-17(24-20)16(23)11(10-21)9-19(14,20)2/h11-15,17,22H,3-9H2,1-2H3/t11?,12-,13-,14+,15+,17+,18-,19+,20+/m0/s1. The van der Waals surface area contributed by atoms with Gasteiger partial charge in [0.25, 0.3) is 0 Å². The summed E-state index contributed by atoms with van der Waals surface area (Å²) in [6.07, 6.45) is 6.53. The number of nitriles is 1. The molecular formula is C20H27NO3. The molecule has 9 atom stereocenters. The second-order valence-electron chi connectivity index (χ2n) is 9.65. The molecule has 0 amide bonds. The Kier molecular flexibility index (Phi) is 2.83. The van der Waals surface area contributed by atoms with E-state index >= 15 is 0 Å². The van der Waals surface area contributed by atoms with Crippen molar-refractivity contribution in [3.05, 3.63) is 0 Å². The number of carbonyl (C=O) groups is 1. The third-order valence-electron chi connectivity index (χ3n) is 9.10. The fourth-order valence-electron chi connectivity index (χ4n) is 7.66. The Bertz CT molecular complexity index is 656. The molecule has 24 heavy (non-hydrogen) atoms. The van der Waals surface area contributed by atoms with Crippen LogP contribution in [0.4, 0.5) is 0 Å². The zero-order valence-corrected chi connectivity index (χ0v) is 14.6.